The predicted octanol–water partition coefficient (Wildman–Crippen LogP) is 0.986. The van der Waals surface area contributed by atoms with Crippen LogP contribution in [0.5, 0.6) is 0 Å². The van der Waals surface area contributed by atoms with Gasteiger partial charge in [0.05, 0.1) is 16.2 Å². The molecule has 128 valence electrons. The van der Waals surface area contributed by atoms with Crippen molar-refractivity contribution >= 4 is 10.1 Å². The molecule has 0 rings (SSSR count). The van der Waals surface area contributed by atoms with Gasteiger partial charge in [-0.15, -0.1) is 0 Å². The third-order valence-corrected chi connectivity index (χ3v) is 5.28. The molecule has 2 unspecified atom stereocenters. The fraction of sp³-hybridized carbons (Fsp3) is 1.00. The molecular formula is C16H33KO4S. The van der Waals surface area contributed by atoms with Crippen molar-refractivity contribution in [1.82, 2.24) is 0 Å². The maximum absolute atomic E-state index is 11.2. The minimum absolute atomic E-state index is 0. The quantitative estimate of drug-likeness (QED) is 0.285. The van der Waals surface area contributed by atoms with Crippen LogP contribution in [-0.2, 0) is 10.1 Å². The Morgan fingerprint density at radius 2 is 1.23 bits per heavy atom. The summed E-state index contributed by atoms with van der Waals surface area (Å²) in [7, 11) is -4.14. The topological polar surface area (TPSA) is 77.4 Å². The monoisotopic (exact) mass is 360 g/mol. The SMILES string of the molecule is CCCCC(O)CCCCCCC(CCCC)S(=O)(=O)[O-].[K+]. The molecule has 0 bridgehead atoms. The Morgan fingerprint density at radius 3 is 1.73 bits per heavy atom. The predicted molar refractivity (Wildman–Crippen MR) is 86.2 cm³/mol. The number of aliphatic hydroxyl groups excluding tert-OH is 1. The normalized spacial score (nSPS) is 14.4. The number of aliphatic hydroxyl groups is 1. The zero-order chi connectivity index (χ0) is 16.1. The van der Waals surface area contributed by atoms with Crippen molar-refractivity contribution in [3.05, 3.63) is 0 Å². The summed E-state index contributed by atoms with van der Waals surface area (Å²) >= 11 is 0. The van der Waals surface area contributed by atoms with E-state index in [1.165, 1.54) is 0 Å². The molecule has 0 radical (unpaired) electrons. The minimum atomic E-state index is -4.14. The van der Waals surface area contributed by atoms with Gasteiger partial charge in [-0.25, -0.2) is 8.42 Å². The molecule has 22 heavy (non-hydrogen) atoms. The van der Waals surface area contributed by atoms with Gasteiger partial charge in [-0.2, -0.15) is 0 Å². The van der Waals surface area contributed by atoms with Crippen LogP contribution in [0.1, 0.15) is 90.9 Å². The van der Waals surface area contributed by atoms with Crippen LogP contribution < -0.4 is 51.4 Å². The van der Waals surface area contributed by atoms with Crippen LogP contribution in [0, 0.1) is 0 Å². The Kier molecular flexibility index (Phi) is 18.7. The molecule has 0 saturated carbocycles. The zero-order valence-electron chi connectivity index (χ0n) is 14.7. The van der Waals surface area contributed by atoms with Crippen LogP contribution in [0.3, 0.4) is 0 Å². The molecule has 0 aliphatic rings. The van der Waals surface area contributed by atoms with E-state index in [0.29, 0.717) is 12.8 Å². The molecular weight excluding hydrogens is 327 g/mol. The van der Waals surface area contributed by atoms with Crippen molar-refractivity contribution in [3.8, 4) is 0 Å². The number of rotatable bonds is 14. The Hall–Kier alpha value is 1.51. The van der Waals surface area contributed by atoms with Gasteiger partial charge in [0.2, 0.25) is 0 Å². The van der Waals surface area contributed by atoms with Crippen molar-refractivity contribution in [2.45, 2.75) is 102 Å². The molecule has 0 fully saturated rings. The van der Waals surface area contributed by atoms with Gasteiger partial charge in [0.1, 0.15) is 0 Å². The third kappa shape index (κ3) is 15.1. The second-order valence-corrected chi connectivity index (χ2v) is 7.70. The van der Waals surface area contributed by atoms with E-state index in [1.807, 2.05) is 6.92 Å². The molecule has 0 amide bonds. The van der Waals surface area contributed by atoms with E-state index in [-0.39, 0.29) is 57.5 Å². The van der Waals surface area contributed by atoms with E-state index in [1.54, 1.807) is 0 Å². The van der Waals surface area contributed by atoms with Gasteiger partial charge in [0, 0.05) is 5.25 Å². The molecule has 0 aromatic rings. The molecule has 0 aliphatic carbocycles. The Labute approximate surface area is 180 Å². The Bertz CT molecular complexity index is 333. The van der Waals surface area contributed by atoms with Crippen molar-refractivity contribution in [3.63, 3.8) is 0 Å². The second kappa shape index (κ2) is 16.0. The molecule has 0 spiro atoms. The average Bonchev–Trinajstić information content (AvgIpc) is 2.42. The van der Waals surface area contributed by atoms with Gasteiger partial charge < -0.3 is 9.66 Å². The smallest absolute Gasteiger partial charge is 0.748 e. The van der Waals surface area contributed by atoms with Crippen LogP contribution in [-0.4, -0.2) is 29.4 Å². The number of unbranched alkanes of at least 4 members (excludes halogenated alkanes) is 5. The third-order valence-electron chi connectivity index (χ3n) is 3.99. The van der Waals surface area contributed by atoms with Gasteiger partial charge in [-0.1, -0.05) is 65.2 Å². The second-order valence-electron chi connectivity index (χ2n) is 6.04. The van der Waals surface area contributed by atoms with Crippen LogP contribution in [0.4, 0.5) is 0 Å². The molecule has 0 aromatic heterocycles. The first-order valence-electron chi connectivity index (χ1n) is 8.54. The van der Waals surface area contributed by atoms with Crippen molar-refractivity contribution < 1.29 is 69.5 Å². The molecule has 0 saturated heterocycles. The standard InChI is InChI=1S/C16H34O4S.K/c1-3-5-11-15(17)12-9-7-8-10-14-16(13-6-4-2)21(18,19)20;/h15-17H,3-14H2,1-2H3,(H,18,19,20);/q;+1/p-1. The summed E-state index contributed by atoms with van der Waals surface area (Å²) in [6, 6.07) is 0. The Morgan fingerprint density at radius 1 is 0.818 bits per heavy atom. The van der Waals surface area contributed by atoms with Crippen LogP contribution in [0.15, 0.2) is 0 Å². The van der Waals surface area contributed by atoms with Crippen LogP contribution in [0.25, 0.3) is 0 Å². The molecule has 1 N–H and O–H groups in total. The summed E-state index contributed by atoms with van der Waals surface area (Å²) in [5.41, 5.74) is 0. The summed E-state index contributed by atoms with van der Waals surface area (Å²) < 4.78 is 33.5. The Balaban J connectivity index is 0. The first-order valence-corrected chi connectivity index (χ1v) is 10.0. The van der Waals surface area contributed by atoms with E-state index in [4.69, 9.17) is 0 Å². The zero-order valence-corrected chi connectivity index (χ0v) is 18.7. The molecule has 4 nitrogen and oxygen atoms in total. The number of hydrogen-bond acceptors (Lipinski definition) is 4. The van der Waals surface area contributed by atoms with E-state index < -0.39 is 15.4 Å². The maximum atomic E-state index is 11.2. The van der Waals surface area contributed by atoms with Gasteiger partial charge in [-0.05, 0) is 25.7 Å². The molecule has 0 heterocycles. The molecule has 0 aliphatic heterocycles. The van der Waals surface area contributed by atoms with Crippen LogP contribution in [0.2, 0.25) is 0 Å². The molecule has 0 aromatic carbocycles. The van der Waals surface area contributed by atoms with E-state index in [9.17, 15) is 18.1 Å². The van der Waals surface area contributed by atoms with Crippen molar-refractivity contribution in [2.24, 2.45) is 0 Å². The summed E-state index contributed by atoms with van der Waals surface area (Å²) in [4.78, 5) is 0. The van der Waals surface area contributed by atoms with Crippen molar-refractivity contribution in [2.75, 3.05) is 0 Å². The fourth-order valence-electron chi connectivity index (χ4n) is 2.55. The maximum Gasteiger partial charge on any atom is 1.00 e. The fourth-order valence-corrected chi connectivity index (χ4v) is 3.47. The largest absolute Gasteiger partial charge is 1.00 e. The van der Waals surface area contributed by atoms with Gasteiger partial charge in [-0.3, -0.25) is 0 Å². The summed E-state index contributed by atoms with van der Waals surface area (Å²) in [6.45, 7) is 4.12. The van der Waals surface area contributed by atoms with E-state index in [2.05, 4.69) is 6.92 Å². The molecule has 2 atom stereocenters. The van der Waals surface area contributed by atoms with Crippen LogP contribution >= 0.6 is 0 Å². The van der Waals surface area contributed by atoms with Crippen molar-refractivity contribution in [1.29, 1.82) is 0 Å². The summed E-state index contributed by atoms with van der Waals surface area (Å²) in [5, 5.41) is 9.01. The van der Waals surface area contributed by atoms with Gasteiger partial charge in [0.25, 0.3) is 0 Å². The minimum Gasteiger partial charge on any atom is -0.748 e. The molecule has 6 heteroatoms. The van der Waals surface area contributed by atoms with Gasteiger partial charge >= 0.3 is 51.4 Å². The number of hydrogen-bond donors (Lipinski definition) is 1. The first kappa shape index (κ1) is 25.7. The average molecular weight is 361 g/mol. The van der Waals surface area contributed by atoms with E-state index in [0.717, 1.165) is 64.2 Å². The summed E-state index contributed by atoms with van der Waals surface area (Å²) in [6.07, 6.45) is 10.1. The summed E-state index contributed by atoms with van der Waals surface area (Å²) in [5.74, 6) is 0. The first-order chi connectivity index (χ1) is 9.91. The van der Waals surface area contributed by atoms with E-state index >= 15 is 0 Å². The van der Waals surface area contributed by atoms with Gasteiger partial charge in [0.15, 0.2) is 0 Å².